The molecule has 0 bridgehead atoms. The Balaban J connectivity index is 0.00000129. The standard InChI is InChI=1S/C21H28N4O3S.2C2H6/c1-12(2)17-9-8-15(21(23-17)27-6)18-14(4)22-19-16(10-25(5)20(19)24-18)13(3)11-28-29(7)26;2*1-2/h8-10,12-13H,11H2,1-7H3;2*1-2H3. The van der Waals surface area contributed by atoms with Gasteiger partial charge in [-0.1, -0.05) is 48.5 Å². The molecule has 7 nitrogen and oxygen atoms in total. The van der Waals surface area contributed by atoms with Crippen LogP contribution in [0.25, 0.3) is 22.4 Å². The Hall–Kier alpha value is -2.32. The lowest BCUT2D eigenvalue weighted by atomic mass is 10.0. The molecule has 3 aromatic rings. The van der Waals surface area contributed by atoms with Crippen molar-refractivity contribution in [3.8, 4) is 17.1 Å². The highest BCUT2D eigenvalue weighted by atomic mass is 32.2. The molecule has 8 heteroatoms. The average Bonchev–Trinajstić information content (AvgIpc) is 3.14. The molecule has 33 heavy (non-hydrogen) atoms. The van der Waals surface area contributed by atoms with E-state index in [4.69, 9.17) is 18.9 Å². The maximum atomic E-state index is 11.3. The van der Waals surface area contributed by atoms with Gasteiger partial charge in [0.2, 0.25) is 5.88 Å². The Labute approximate surface area is 201 Å². The molecule has 3 aromatic heterocycles. The number of ether oxygens (including phenoxy) is 1. The summed E-state index contributed by atoms with van der Waals surface area (Å²) in [5, 5.41) is 0. The minimum absolute atomic E-state index is 0.0451. The Morgan fingerprint density at radius 2 is 1.70 bits per heavy atom. The van der Waals surface area contributed by atoms with Crippen molar-refractivity contribution in [3.63, 3.8) is 0 Å². The van der Waals surface area contributed by atoms with E-state index < -0.39 is 11.1 Å². The Kier molecular flexibility index (Phi) is 11.7. The van der Waals surface area contributed by atoms with Crippen LogP contribution in [0.4, 0.5) is 0 Å². The zero-order valence-corrected chi connectivity index (χ0v) is 22.8. The highest BCUT2D eigenvalue weighted by molar-refractivity contribution is 7.79. The molecule has 3 rings (SSSR count). The molecule has 0 spiro atoms. The maximum Gasteiger partial charge on any atom is 0.222 e. The molecule has 184 valence electrons. The zero-order valence-electron chi connectivity index (χ0n) is 22.0. The lowest BCUT2D eigenvalue weighted by Crippen LogP contribution is -2.06. The predicted octanol–water partition coefficient (Wildman–Crippen LogP) is 5.94. The van der Waals surface area contributed by atoms with Gasteiger partial charge in [-0.25, -0.2) is 19.2 Å². The molecule has 0 fully saturated rings. The Bertz CT molecular complexity index is 1060. The van der Waals surface area contributed by atoms with Gasteiger partial charge in [-0.15, -0.1) is 0 Å². The number of nitrogens with zero attached hydrogens (tertiary/aromatic N) is 4. The lowest BCUT2D eigenvalue weighted by Gasteiger charge is -2.13. The number of aryl methyl sites for hydroxylation is 2. The summed E-state index contributed by atoms with van der Waals surface area (Å²) in [6.07, 6.45) is 3.54. The van der Waals surface area contributed by atoms with Crippen LogP contribution in [0.3, 0.4) is 0 Å². The molecule has 0 saturated heterocycles. The second-order valence-electron chi connectivity index (χ2n) is 7.56. The lowest BCUT2D eigenvalue weighted by molar-refractivity contribution is 0.326. The van der Waals surface area contributed by atoms with Crippen LogP contribution >= 0.6 is 0 Å². The molecule has 0 aliphatic heterocycles. The molecule has 0 N–H and O–H groups in total. The van der Waals surface area contributed by atoms with Gasteiger partial charge >= 0.3 is 0 Å². The number of rotatable bonds is 7. The van der Waals surface area contributed by atoms with Gasteiger partial charge in [0.25, 0.3) is 0 Å². The number of pyridine rings is 1. The van der Waals surface area contributed by atoms with Crippen LogP contribution in [0, 0.1) is 6.92 Å². The van der Waals surface area contributed by atoms with Crippen molar-refractivity contribution in [3.05, 3.63) is 35.3 Å². The molecule has 0 aliphatic rings. The van der Waals surface area contributed by atoms with Crippen molar-refractivity contribution in [2.24, 2.45) is 7.05 Å². The number of hydrogen-bond donors (Lipinski definition) is 0. The molecule has 0 aromatic carbocycles. The predicted molar refractivity (Wildman–Crippen MR) is 138 cm³/mol. The first-order valence-electron chi connectivity index (χ1n) is 11.6. The van der Waals surface area contributed by atoms with Crippen molar-refractivity contribution in [1.82, 2.24) is 19.5 Å². The zero-order chi connectivity index (χ0) is 25.3. The van der Waals surface area contributed by atoms with Gasteiger partial charge in [0.05, 0.1) is 30.7 Å². The van der Waals surface area contributed by atoms with Crippen molar-refractivity contribution in [1.29, 1.82) is 0 Å². The fourth-order valence-corrected chi connectivity index (χ4v) is 3.69. The van der Waals surface area contributed by atoms with Crippen LogP contribution in [-0.4, -0.2) is 43.7 Å². The first-order valence-corrected chi connectivity index (χ1v) is 13.1. The van der Waals surface area contributed by atoms with E-state index in [0.29, 0.717) is 18.4 Å². The second-order valence-corrected chi connectivity index (χ2v) is 8.60. The van der Waals surface area contributed by atoms with E-state index in [-0.39, 0.29) is 5.92 Å². The third-order valence-corrected chi connectivity index (χ3v) is 5.40. The monoisotopic (exact) mass is 476 g/mol. The van der Waals surface area contributed by atoms with E-state index in [1.54, 1.807) is 7.11 Å². The molecule has 2 atom stereocenters. The van der Waals surface area contributed by atoms with E-state index >= 15 is 0 Å². The summed E-state index contributed by atoms with van der Waals surface area (Å²) >= 11 is -1.29. The van der Waals surface area contributed by atoms with Crippen molar-refractivity contribution < 1.29 is 13.1 Å². The van der Waals surface area contributed by atoms with Gasteiger partial charge in [-0.3, -0.25) is 4.18 Å². The van der Waals surface area contributed by atoms with Crippen LogP contribution in [0.15, 0.2) is 18.3 Å². The summed E-state index contributed by atoms with van der Waals surface area (Å²) in [7, 11) is 3.57. The maximum absolute atomic E-state index is 11.3. The number of methoxy groups -OCH3 is 1. The molecule has 2 unspecified atom stereocenters. The first kappa shape index (κ1) is 28.7. The highest BCUT2D eigenvalue weighted by Crippen LogP contribution is 2.33. The summed E-state index contributed by atoms with van der Waals surface area (Å²) in [4.78, 5) is 14.4. The summed E-state index contributed by atoms with van der Waals surface area (Å²) in [5.41, 5.74) is 5.98. The molecule has 3 heterocycles. The van der Waals surface area contributed by atoms with Crippen LogP contribution in [-0.2, 0) is 22.3 Å². The fraction of sp³-hybridized carbons (Fsp3) is 0.560. The van der Waals surface area contributed by atoms with Crippen LogP contribution in [0.5, 0.6) is 5.88 Å². The minimum Gasteiger partial charge on any atom is -0.480 e. The van der Waals surface area contributed by atoms with Crippen LogP contribution in [0.2, 0.25) is 0 Å². The molecule has 0 radical (unpaired) electrons. The van der Waals surface area contributed by atoms with Gasteiger partial charge in [0.1, 0.15) is 5.52 Å². The van der Waals surface area contributed by atoms with Crippen molar-refractivity contribution in [2.45, 2.75) is 67.2 Å². The Morgan fingerprint density at radius 1 is 1.06 bits per heavy atom. The van der Waals surface area contributed by atoms with E-state index in [1.165, 1.54) is 6.26 Å². The quantitative estimate of drug-likeness (QED) is 0.420. The molecule has 0 amide bonds. The smallest absolute Gasteiger partial charge is 0.222 e. The van der Waals surface area contributed by atoms with Crippen molar-refractivity contribution >= 4 is 22.2 Å². The second kappa shape index (κ2) is 13.4. The Morgan fingerprint density at radius 3 is 2.24 bits per heavy atom. The third-order valence-electron chi connectivity index (χ3n) is 4.93. The normalized spacial score (nSPS) is 12.5. The molecule has 0 aliphatic carbocycles. The third kappa shape index (κ3) is 6.84. The molecular weight excluding hydrogens is 436 g/mol. The minimum atomic E-state index is -1.29. The van der Waals surface area contributed by atoms with Gasteiger partial charge in [-0.05, 0) is 25.0 Å². The van der Waals surface area contributed by atoms with Crippen molar-refractivity contribution in [2.75, 3.05) is 20.0 Å². The van der Waals surface area contributed by atoms with Gasteiger partial charge in [0.15, 0.2) is 16.7 Å². The average molecular weight is 477 g/mol. The SMILES string of the molecule is CC.CC.COc1nc(C(C)C)ccc1-c1nc2c(nc1C)c(C(C)COS(C)=O)cn2C. The van der Waals surface area contributed by atoms with Crippen LogP contribution in [0.1, 0.15) is 77.3 Å². The summed E-state index contributed by atoms with van der Waals surface area (Å²) in [6.45, 7) is 16.5. The largest absolute Gasteiger partial charge is 0.480 e. The topological polar surface area (TPSA) is 79.1 Å². The molecular formula is C25H40N4O3S. The van der Waals surface area contributed by atoms with Gasteiger partial charge in [-0.2, -0.15) is 0 Å². The number of fused-ring (bicyclic) bond motifs is 1. The number of aromatic nitrogens is 4. The molecule has 0 saturated carbocycles. The van der Waals surface area contributed by atoms with Gasteiger partial charge < -0.3 is 9.30 Å². The number of hydrogen-bond acceptors (Lipinski definition) is 6. The van der Waals surface area contributed by atoms with E-state index in [1.807, 2.05) is 71.5 Å². The fourth-order valence-electron chi connectivity index (χ4n) is 3.30. The first-order chi connectivity index (χ1) is 15.7. The summed E-state index contributed by atoms with van der Waals surface area (Å²) < 4.78 is 24.1. The summed E-state index contributed by atoms with van der Waals surface area (Å²) in [6, 6.07) is 4.01. The van der Waals surface area contributed by atoms with E-state index in [0.717, 1.165) is 39.4 Å². The van der Waals surface area contributed by atoms with Gasteiger partial charge in [0, 0.05) is 36.7 Å². The van der Waals surface area contributed by atoms with E-state index in [9.17, 15) is 4.21 Å². The van der Waals surface area contributed by atoms with Crippen LogP contribution < -0.4 is 4.74 Å². The van der Waals surface area contributed by atoms with E-state index in [2.05, 4.69) is 18.8 Å². The highest BCUT2D eigenvalue weighted by Gasteiger charge is 2.21. The summed E-state index contributed by atoms with van der Waals surface area (Å²) in [5.74, 6) is 0.905.